The molecule has 2 unspecified atom stereocenters. The van der Waals surface area contributed by atoms with Crippen LogP contribution in [0.4, 0.5) is 10.5 Å². The topological polar surface area (TPSA) is 90.5 Å². The fraction of sp³-hybridized carbons (Fsp3) is 0.429. The minimum Gasteiger partial charge on any atom is -0.389 e. The van der Waals surface area contributed by atoms with Crippen LogP contribution in [0.2, 0.25) is 0 Å². The van der Waals surface area contributed by atoms with Crippen molar-refractivity contribution in [2.24, 2.45) is 0 Å². The van der Waals surface area contributed by atoms with Crippen LogP contribution in [-0.2, 0) is 4.79 Å². The van der Waals surface area contributed by atoms with Crippen LogP contribution in [0.25, 0.3) is 0 Å². The number of benzene rings is 1. The number of hydrogen-bond donors (Lipinski definition) is 4. The smallest absolute Gasteiger partial charge is 0.319 e. The van der Waals surface area contributed by atoms with Gasteiger partial charge in [-0.2, -0.15) is 0 Å². The van der Waals surface area contributed by atoms with Crippen LogP contribution in [0.1, 0.15) is 31.4 Å². The first-order valence-electron chi connectivity index (χ1n) is 6.67. The molecule has 1 aromatic rings. The number of aliphatic hydroxyl groups excluding tert-OH is 1. The van der Waals surface area contributed by atoms with Gasteiger partial charge in [0.25, 0.3) is 0 Å². The number of rotatable bonds is 4. The van der Waals surface area contributed by atoms with Gasteiger partial charge in [-0.15, -0.1) is 0 Å². The quantitative estimate of drug-likeness (QED) is 0.665. The van der Waals surface area contributed by atoms with Crippen LogP contribution in [-0.4, -0.2) is 29.6 Å². The Bertz CT molecular complexity index is 485. The van der Waals surface area contributed by atoms with Crippen molar-refractivity contribution in [3.8, 4) is 0 Å². The van der Waals surface area contributed by atoms with E-state index in [2.05, 4.69) is 16.0 Å². The first kappa shape index (κ1) is 14.3. The molecule has 0 saturated carbocycles. The highest BCUT2D eigenvalue weighted by Crippen LogP contribution is 2.15. The van der Waals surface area contributed by atoms with E-state index < -0.39 is 6.10 Å². The van der Waals surface area contributed by atoms with Gasteiger partial charge in [0.2, 0.25) is 5.91 Å². The molecule has 0 bridgehead atoms. The van der Waals surface area contributed by atoms with Crippen molar-refractivity contribution in [3.63, 3.8) is 0 Å². The van der Waals surface area contributed by atoms with Gasteiger partial charge in [0.15, 0.2) is 0 Å². The predicted molar refractivity (Wildman–Crippen MR) is 75.3 cm³/mol. The molecule has 1 aliphatic rings. The van der Waals surface area contributed by atoms with Crippen molar-refractivity contribution >= 4 is 17.6 Å². The summed E-state index contributed by atoms with van der Waals surface area (Å²) in [6, 6.07) is 6.70. The molecule has 1 aliphatic heterocycles. The number of hydrogen-bond acceptors (Lipinski definition) is 3. The standard InChI is InChI=1S/C14H19N3O3/c1-9(18)10-2-4-11(5-3-10)17-14(20)15-8-12-6-7-13(19)16-12/h2-5,9,12,18H,6-8H2,1H3,(H,16,19)(H2,15,17,20). The molecule has 1 saturated heterocycles. The van der Waals surface area contributed by atoms with Crippen LogP contribution in [0, 0.1) is 0 Å². The molecule has 0 spiro atoms. The van der Waals surface area contributed by atoms with Crippen LogP contribution in [0.5, 0.6) is 0 Å². The van der Waals surface area contributed by atoms with Gasteiger partial charge in [-0.3, -0.25) is 4.79 Å². The molecule has 1 fully saturated rings. The average molecular weight is 277 g/mol. The van der Waals surface area contributed by atoms with E-state index in [1.165, 1.54) is 0 Å². The van der Waals surface area contributed by atoms with E-state index >= 15 is 0 Å². The Morgan fingerprint density at radius 2 is 2.15 bits per heavy atom. The summed E-state index contributed by atoms with van der Waals surface area (Å²) in [6.07, 6.45) is 0.751. The minimum absolute atomic E-state index is 0.0193. The van der Waals surface area contributed by atoms with E-state index in [0.29, 0.717) is 18.7 Å². The van der Waals surface area contributed by atoms with E-state index in [1.807, 2.05) is 0 Å². The Balaban J connectivity index is 1.77. The van der Waals surface area contributed by atoms with Gasteiger partial charge in [-0.1, -0.05) is 12.1 Å². The maximum Gasteiger partial charge on any atom is 0.319 e. The van der Waals surface area contributed by atoms with Gasteiger partial charge in [0.05, 0.1) is 6.10 Å². The molecule has 3 amide bonds. The lowest BCUT2D eigenvalue weighted by Gasteiger charge is -2.12. The monoisotopic (exact) mass is 277 g/mol. The maximum atomic E-state index is 11.7. The van der Waals surface area contributed by atoms with Crippen molar-refractivity contribution < 1.29 is 14.7 Å². The molecule has 4 N–H and O–H groups in total. The van der Waals surface area contributed by atoms with E-state index in [-0.39, 0.29) is 18.0 Å². The molecule has 6 heteroatoms. The first-order valence-corrected chi connectivity index (χ1v) is 6.67. The van der Waals surface area contributed by atoms with E-state index in [4.69, 9.17) is 0 Å². The zero-order valence-corrected chi connectivity index (χ0v) is 11.3. The van der Waals surface area contributed by atoms with Gasteiger partial charge in [0.1, 0.15) is 0 Å². The molecule has 2 rings (SSSR count). The highest BCUT2D eigenvalue weighted by molar-refractivity contribution is 5.89. The summed E-state index contributed by atoms with van der Waals surface area (Å²) in [6.45, 7) is 2.11. The molecule has 0 aromatic heterocycles. The zero-order chi connectivity index (χ0) is 14.5. The van der Waals surface area contributed by atoms with Gasteiger partial charge < -0.3 is 21.1 Å². The van der Waals surface area contributed by atoms with Gasteiger partial charge >= 0.3 is 6.03 Å². The summed E-state index contributed by atoms with van der Waals surface area (Å²) < 4.78 is 0. The predicted octanol–water partition coefficient (Wildman–Crippen LogP) is 1.14. The van der Waals surface area contributed by atoms with Crippen LogP contribution >= 0.6 is 0 Å². The number of carbonyl (C=O) groups excluding carboxylic acids is 2. The Kier molecular flexibility index (Phi) is 4.57. The molecule has 6 nitrogen and oxygen atoms in total. The minimum atomic E-state index is -0.524. The van der Waals surface area contributed by atoms with Crippen molar-refractivity contribution in [2.75, 3.05) is 11.9 Å². The Morgan fingerprint density at radius 1 is 1.45 bits per heavy atom. The third-order valence-corrected chi connectivity index (χ3v) is 3.24. The number of amides is 3. The normalized spacial score (nSPS) is 19.3. The number of anilines is 1. The van der Waals surface area contributed by atoms with Gasteiger partial charge in [0, 0.05) is 24.7 Å². The van der Waals surface area contributed by atoms with Crippen molar-refractivity contribution in [1.29, 1.82) is 0 Å². The molecule has 1 aromatic carbocycles. The summed E-state index contributed by atoms with van der Waals surface area (Å²) in [7, 11) is 0. The van der Waals surface area contributed by atoms with Crippen LogP contribution in [0.15, 0.2) is 24.3 Å². The Morgan fingerprint density at radius 3 is 2.70 bits per heavy atom. The molecule has 20 heavy (non-hydrogen) atoms. The van der Waals surface area contributed by atoms with Crippen LogP contribution in [0.3, 0.4) is 0 Å². The van der Waals surface area contributed by atoms with Gasteiger partial charge in [-0.05, 0) is 31.0 Å². The summed E-state index contributed by atoms with van der Waals surface area (Å²) in [4.78, 5) is 22.7. The molecule has 0 radical (unpaired) electrons. The first-order chi connectivity index (χ1) is 9.54. The summed E-state index contributed by atoms with van der Waals surface area (Å²) in [5.41, 5.74) is 1.45. The van der Waals surface area contributed by atoms with Gasteiger partial charge in [-0.25, -0.2) is 4.79 Å². The lowest BCUT2D eigenvalue weighted by molar-refractivity contribution is -0.119. The third-order valence-electron chi connectivity index (χ3n) is 3.24. The highest BCUT2D eigenvalue weighted by atomic mass is 16.3. The number of nitrogens with one attached hydrogen (secondary N) is 3. The Hall–Kier alpha value is -2.08. The largest absolute Gasteiger partial charge is 0.389 e. The SMILES string of the molecule is CC(O)c1ccc(NC(=O)NCC2CCC(=O)N2)cc1. The number of urea groups is 1. The third kappa shape index (κ3) is 3.96. The molecular weight excluding hydrogens is 258 g/mol. The molecule has 2 atom stereocenters. The molecule has 0 aliphatic carbocycles. The molecule has 108 valence electrons. The average Bonchev–Trinajstić information content (AvgIpc) is 2.83. The molecule has 1 heterocycles. The van der Waals surface area contributed by atoms with E-state index in [9.17, 15) is 14.7 Å². The lowest BCUT2D eigenvalue weighted by atomic mass is 10.1. The number of aliphatic hydroxyl groups is 1. The molecular formula is C14H19N3O3. The second kappa shape index (κ2) is 6.38. The fourth-order valence-electron chi connectivity index (χ4n) is 2.07. The number of carbonyl (C=O) groups is 2. The summed E-state index contributed by atoms with van der Waals surface area (Å²) in [5.74, 6) is 0.0333. The lowest BCUT2D eigenvalue weighted by Crippen LogP contribution is -2.40. The second-order valence-corrected chi connectivity index (χ2v) is 4.94. The highest BCUT2D eigenvalue weighted by Gasteiger charge is 2.20. The van der Waals surface area contributed by atoms with E-state index in [1.54, 1.807) is 31.2 Å². The van der Waals surface area contributed by atoms with E-state index in [0.717, 1.165) is 12.0 Å². The maximum absolute atomic E-state index is 11.7. The zero-order valence-electron chi connectivity index (χ0n) is 11.3. The van der Waals surface area contributed by atoms with Crippen molar-refractivity contribution in [3.05, 3.63) is 29.8 Å². The fourth-order valence-corrected chi connectivity index (χ4v) is 2.07. The Labute approximate surface area is 117 Å². The second-order valence-electron chi connectivity index (χ2n) is 4.94. The van der Waals surface area contributed by atoms with Crippen molar-refractivity contribution in [1.82, 2.24) is 10.6 Å². The van der Waals surface area contributed by atoms with Crippen LogP contribution < -0.4 is 16.0 Å². The van der Waals surface area contributed by atoms with Crippen molar-refractivity contribution in [2.45, 2.75) is 31.9 Å². The summed E-state index contributed by atoms with van der Waals surface area (Å²) >= 11 is 0. The summed E-state index contributed by atoms with van der Waals surface area (Å²) in [5, 5.41) is 17.6.